The van der Waals surface area contributed by atoms with Gasteiger partial charge in [-0.3, -0.25) is 0 Å². The molecule has 1 atom stereocenters. The second-order valence-corrected chi connectivity index (χ2v) is 7.71. The van der Waals surface area contributed by atoms with Gasteiger partial charge in [0.1, 0.15) is 11.6 Å². The van der Waals surface area contributed by atoms with Gasteiger partial charge in [0.2, 0.25) is 0 Å². The van der Waals surface area contributed by atoms with E-state index in [0.717, 1.165) is 5.39 Å². The molecule has 0 aliphatic rings. The number of halogens is 2. The average molecular weight is 447 g/mol. The van der Waals surface area contributed by atoms with Crippen LogP contribution in [0.4, 0.5) is 19.3 Å². The molecule has 4 aromatic rings. The Morgan fingerprint density at radius 1 is 0.970 bits per heavy atom. The number of aliphatic hydroxyl groups is 1. The summed E-state index contributed by atoms with van der Waals surface area (Å²) in [7, 11) is 0. The summed E-state index contributed by atoms with van der Waals surface area (Å²) < 4.78 is 27.9. The maximum Gasteiger partial charge on any atom is 0.319 e. The van der Waals surface area contributed by atoms with E-state index in [1.165, 1.54) is 24.3 Å². The van der Waals surface area contributed by atoms with Crippen LogP contribution in [0, 0.1) is 11.6 Å². The largest absolute Gasteiger partial charge is 0.391 e. The molecule has 3 aromatic carbocycles. The second-order valence-electron chi connectivity index (χ2n) is 7.71. The van der Waals surface area contributed by atoms with Gasteiger partial charge in [0.15, 0.2) is 0 Å². The van der Waals surface area contributed by atoms with E-state index in [0.29, 0.717) is 40.0 Å². The van der Waals surface area contributed by atoms with E-state index in [1.54, 1.807) is 42.5 Å². The summed E-state index contributed by atoms with van der Waals surface area (Å²) in [4.78, 5) is 16.9. The Kier molecular flexibility index (Phi) is 6.60. The Labute approximate surface area is 190 Å². The molecular weight excluding hydrogens is 424 g/mol. The molecular formula is C26H23F2N3O2. The molecule has 0 saturated heterocycles. The van der Waals surface area contributed by atoms with Crippen molar-refractivity contribution in [3.63, 3.8) is 0 Å². The van der Waals surface area contributed by atoms with Gasteiger partial charge in [-0.1, -0.05) is 31.2 Å². The van der Waals surface area contributed by atoms with Crippen molar-refractivity contribution in [2.24, 2.45) is 0 Å². The highest BCUT2D eigenvalue weighted by Crippen LogP contribution is 2.34. The van der Waals surface area contributed by atoms with Crippen LogP contribution in [0.1, 0.15) is 13.3 Å². The predicted molar refractivity (Wildman–Crippen MR) is 126 cm³/mol. The zero-order valence-electron chi connectivity index (χ0n) is 18.0. The third kappa shape index (κ3) is 5.32. The van der Waals surface area contributed by atoms with Crippen LogP contribution in [0.15, 0.2) is 72.8 Å². The van der Waals surface area contributed by atoms with E-state index in [-0.39, 0.29) is 12.4 Å². The first-order valence-electron chi connectivity index (χ1n) is 10.6. The highest BCUT2D eigenvalue weighted by atomic mass is 19.1. The van der Waals surface area contributed by atoms with E-state index in [1.807, 2.05) is 13.0 Å². The van der Waals surface area contributed by atoms with E-state index in [4.69, 9.17) is 4.98 Å². The first-order valence-corrected chi connectivity index (χ1v) is 10.6. The second kappa shape index (κ2) is 9.75. The van der Waals surface area contributed by atoms with Crippen LogP contribution in [0.5, 0.6) is 0 Å². The number of aromatic nitrogens is 1. The van der Waals surface area contributed by atoms with Crippen LogP contribution >= 0.6 is 0 Å². The average Bonchev–Trinajstić information content (AvgIpc) is 2.81. The van der Waals surface area contributed by atoms with Gasteiger partial charge in [-0.25, -0.2) is 18.6 Å². The number of carbonyl (C=O) groups excluding carboxylic acids is 1. The Hall–Kier alpha value is -3.84. The van der Waals surface area contributed by atoms with E-state index >= 15 is 0 Å². The number of pyridine rings is 1. The van der Waals surface area contributed by atoms with Crippen molar-refractivity contribution in [1.82, 2.24) is 10.3 Å². The van der Waals surface area contributed by atoms with Crippen LogP contribution < -0.4 is 10.6 Å². The van der Waals surface area contributed by atoms with Crippen molar-refractivity contribution in [3.8, 4) is 22.4 Å². The number of anilines is 1. The number of urea groups is 1. The zero-order chi connectivity index (χ0) is 23.4. The number of nitrogens with zero attached hydrogens (tertiary/aromatic N) is 1. The fraction of sp³-hybridized carbons (Fsp3) is 0.154. The van der Waals surface area contributed by atoms with Crippen LogP contribution in [-0.2, 0) is 0 Å². The van der Waals surface area contributed by atoms with Gasteiger partial charge in [0, 0.05) is 28.7 Å². The maximum atomic E-state index is 14.0. The summed E-state index contributed by atoms with van der Waals surface area (Å²) >= 11 is 0. The van der Waals surface area contributed by atoms with Crippen molar-refractivity contribution in [1.29, 1.82) is 0 Å². The standard InChI is InChI=1S/C26H23F2N3O2/c1-2-22(32)15-29-26(33)30-21-9-10-24-18(13-21)14-23(16-5-3-7-19(27)11-16)25(31-24)17-6-4-8-20(28)12-17/h3-14,22,32H,2,15H2,1H3,(H2,29,30,33). The van der Waals surface area contributed by atoms with Crippen molar-refractivity contribution >= 4 is 22.6 Å². The molecule has 0 aliphatic heterocycles. The van der Waals surface area contributed by atoms with Gasteiger partial charge < -0.3 is 15.7 Å². The van der Waals surface area contributed by atoms with Crippen LogP contribution in [0.25, 0.3) is 33.3 Å². The summed E-state index contributed by atoms with van der Waals surface area (Å²) in [5.41, 5.74) is 3.53. The van der Waals surface area contributed by atoms with Crippen molar-refractivity contribution < 1.29 is 18.7 Å². The maximum absolute atomic E-state index is 14.0. The van der Waals surface area contributed by atoms with Gasteiger partial charge >= 0.3 is 6.03 Å². The molecule has 1 unspecified atom stereocenters. The smallest absolute Gasteiger partial charge is 0.319 e. The normalized spacial score (nSPS) is 11.9. The number of nitrogens with one attached hydrogen (secondary N) is 2. The lowest BCUT2D eigenvalue weighted by molar-refractivity contribution is 0.168. The number of fused-ring (bicyclic) bond motifs is 1. The minimum atomic E-state index is -0.605. The third-order valence-corrected chi connectivity index (χ3v) is 5.28. The van der Waals surface area contributed by atoms with E-state index in [9.17, 15) is 18.7 Å². The molecule has 1 heterocycles. The fourth-order valence-corrected chi connectivity index (χ4v) is 3.52. The fourth-order valence-electron chi connectivity index (χ4n) is 3.52. The van der Waals surface area contributed by atoms with Crippen LogP contribution in [0.2, 0.25) is 0 Å². The zero-order valence-corrected chi connectivity index (χ0v) is 18.0. The van der Waals surface area contributed by atoms with Gasteiger partial charge in [0.25, 0.3) is 0 Å². The van der Waals surface area contributed by atoms with Crippen LogP contribution in [-0.4, -0.2) is 28.8 Å². The predicted octanol–water partition coefficient (Wildman–Crippen LogP) is 5.74. The molecule has 0 aliphatic carbocycles. The minimum Gasteiger partial charge on any atom is -0.391 e. The quantitative estimate of drug-likeness (QED) is 0.353. The summed E-state index contributed by atoms with van der Waals surface area (Å²) in [6, 6.07) is 18.9. The van der Waals surface area contributed by atoms with Gasteiger partial charge in [-0.05, 0) is 60.5 Å². The molecule has 5 nitrogen and oxygen atoms in total. The third-order valence-electron chi connectivity index (χ3n) is 5.28. The number of hydrogen-bond acceptors (Lipinski definition) is 3. The molecule has 0 spiro atoms. The molecule has 33 heavy (non-hydrogen) atoms. The van der Waals surface area contributed by atoms with Gasteiger partial charge in [-0.15, -0.1) is 0 Å². The lowest BCUT2D eigenvalue weighted by atomic mass is 9.97. The number of aliphatic hydroxyl groups excluding tert-OH is 1. The van der Waals surface area contributed by atoms with Crippen molar-refractivity contribution in [3.05, 3.63) is 84.4 Å². The molecule has 2 amide bonds. The molecule has 0 bridgehead atoms. The Bertz CT molecular complexity index is 1310. The van der Waals surface area contributed by atoms with E-state index in [2.05, 4.69) is 10.6 Å². The Morgan fingerprint density at radius 2 is 1.67 bits per heavy atom. The molecule has 168 valence electrons. The molecule has 0 fully saturated rings. The van der Waals surface area contributed by atoms with E-state index < -0.39 is 18.0 Å². The minimum absolute atomic E-state index is 0.151. The lowest BCUT2D eigenvalue weighted by Gasteiger charge is -2.14. The number of hydrogen-bond donors (Lipinski definition) is 3. The molecule has 3 N–H and O–H groups in total. The first-order chi connectivity index (χ1) is 15.9. The molecule has 1 aromatic heterocycles. The first kappa shape index (κ1) is 22.4. The molecule has 0 saturated carbocycles. The highest BCUT2D eigenvalue weighted by molar-refractivity contribution is 5.96. The molecule has 7 heteroatoms. The topological polar surface area (TPSA) is 74.2 Å². The number of benzene rings is 3. The van der Waals surface area contributed by atoms with Crippen molar-refractivity contribution in [2.75, 3.05) is 11.9 Å². The number of rotatable bonds is 6. The Balaban J connectivity index is 1.75. The van der Waals surface area contributed by atoms with Crippen LogP contribution in [0.3, 0.4) is 0 Å². The lowest BCUT2D eigenvalue weighted by Crippen LogP contribution is -2.34. The highest BCUT2D eigenvalue weighted by Gasteiger charge is 2.14. The summed E-state index contributed by atoms with van der Waals surface area (Å²) in [6.45, 7) is 1.98. The monoisotopic (exact) mass is 447 g/mol. The Morgan fingerprint density at radius 3 is 2.36 bits per heavy atom. The summed E-state index contributed by atoms with van der Waals surface area (Å²) in [5.74, 6) is -0.780. The molecule has 0 radical (unpaired) electrons. The number of carbonyl (C=O) groups is 1. The summed E-state index contributed by atoms with van der Waals surface area (Å²) in [6.07, 6.45) is -0.0649. The van der Waals surface area contributed by atoms with Gasteiger partial charge in [0.05, 0.1) is 17.3 Å². The SMILES string of the molecule is CCC(O)CNC(=O)Nc1ccc2nc(-c3cccc(F)c3)c(-c3cccc(F)c3)cc2c1. The molecule has 4 rings (SSSR count). The van der Waals surface area contributed by atoms with Crippen molar-refractivity contribution in [2.45, 2.75) is 19.4 Å². The number of amides is 2. The van der Waals surface area contributed by atoms with Gasteiger partial charge in [-0.2, -0.15) is 0 Å². The summed E-state index contributed by atoms with van der Waals surface area (Å²) in [5, 5.41) is 15.7.